The average Bonchev–Trinajstić information content (AvgIpc) is 3.34. The van der Waals surface area contributed by atoms with Gasteiger partial charge in [-0.1, -0.05) is 34.7 Å². The minimum absolute atomic E-state index is 0.497. The molecule has 3 aromatic rings. The molecule has 1 aliphatic heterocycles. The summed E-state index contributed by atoms with van der Waals surface area (Å²) >= 11 is 9.07. The van der Waals surface area contributed by atoms with Gasteiger partial charge in [-0.2, -0.15) is 0 Å². The summed E-state index contributed by atoms with van der Waals surface area (Å²) in [5.74, 6) is 1.65. The summed E-state index contributed by atoms with van der Waals surface area (Å²) < 4.78 is 6.62. The Hall–Kier alpha value is -1.64. The second-order valence-electron chi connectivity index (χ2n) is 5.34. The van der Waals surface area contributed by atoms with Crippen LogP contribution in [0.25, 0.3) is 11.5 Å². The van der Waals surface area contributed by atoms with Crippen molar-refractivity contribution in [1.29, 1.82) is 0 Å². The molecule has 1 fully saturated rings. The third-order valence-corrected chi connectivity index (χ3v) is 6.00. The zero-order valence-electron chi connectivity index (χ0n) is 12.7. The van der Waals surface area contributed by atoms with Crippen molar-refractivity contribution in [3.63, 3.8) is 0 Å². The molecule has 0 unspecified atom stereocenters. The van der Waals surface area contributed by atoms with Crippen LogP contribution in [-0.4, -0.2) is 33.5 Å². The molecule has 0 aliphatic carbocycles. The second kappa shape index (κ2) is 7.08. The molecule has 0 amide bonds. The van der Waals surface area contributed by atoms with Crippen LogP contribution in [0.15, 0.2) is 33.0 Å². The molecule has 124 valence electrons. The standard InChI is InChI=1S/C15H14ClN5OS2/c16-11-5-3-10(4-6-11)13-18-17-12(22-13)9-23-15-20-19-14(24-15)21-7-1-2-8-21/h3-6H,1-2,7-9H2. The first-order valence-corrected chi connectivity index (χ1v) is 9.75. The lowest BCUT2D eigenvalue weighted by Crippen LogP contribution is -2.17. The van der Waals surface area contributed by atoms with Gasteiger partial charge in [-0.3, -0.25) is 0 Å². The van der Waals surface area contributed by atoms with Crippen molar-refractivity contribution in [2.45, 2.75) is 22.9 Å². The van der Waals surface area contributed by atoms with E-state index < -0.39 is 0 Å². The summed E-state index contributed by atoms with van der Waals surface area (Å²) in [7, 11) is 0. The van der Waals surface area contributed by atoms with Crippen molar-refractivity contribution in [3.05, 3.63) is 35.2 Å². The van der Waals surface area contributed by atoms with Gasteiger partial charge in [-0.25, -0.2) is 0 Å². The van der Waals surface area contributed by atoms with Crippen LogP contribution in [0.2, 0.25) is 5.02 Å². The van der Waals surface area contributed by atoms with Gasteiger partial charge in [0.2, 0.25) is 16.9 Å². The van der Waals surface area contributed by atoms with E-state index in [9.17, 15) is 0 Å². The third kappa shape index (κ3) is 3.55. The fourth-order valence-electron chi connectivity index (χ4n) is 2.44. The molecule has 4 rings (SSSR count). The number of thioether (sulfide) groups is 1. The Kier molecular flexibility index (Phi) is 4.68. The van der Waals surface area contributed by atoms with E-state index in [1.165, 1.54) is 12.8 Å². The normalized spacial score (nSPS) is 14.5. The topological polar surface area (TPSA) is 67.9 Å². The summed E-state index contributed by atoms with van der Waals surface area (Å²) in [5, 5.41) is 18.4. The van der Waals surface area contributed by atoms with Crippen LogP contribution >= 0.6 is 34.7 Å². The second-order valence-corrected chi connectivity index (χ2v) is 7.96. The predicted octanol–water partition coefficient (Wildman–Crippen LogP) is 4.13. The lowest BCUT2D eigenvalue weighted by Gasteiger charge is -2.10. The Labute approximate surface area is 152 Å². The largest absolute Gasteiger partial charge is 0.420 e. The van der Waals surface area contributed by atoms with Crippen molar-refractivity contribution >= 4 is 39.8 Å². The number of hydrogen-bond acceptors (Lipinski definition) is 8. The number of nitrogens with zero attached hydrogens (tertiary/aromatic N) is 5. The molecule has 0 bridgehead atoms. The van der Waals surface area contributed by atoms with E-state index in [0.29, 0.717) is 22.6 Å². The van der Waals surface area contributed by atoms with Crippen molar-refractivity contribution in [2.24, 2.45) is 0 Å². The maximum Gasteiger partial charge on any atom is 0.247 e. The molecule has 0 saturated carbocycles. The zero-order valence-corrected chi connectivity index (χ0v) is 15.1. The molecule has 0 spiro atoms. The Balaban J connectivity index is 1.38. The minimum Gasteiger partial charge on any atom is -0.420 e. The lowest BCUT2D eigenvalue weighted by atomic mass is 10.2. The van der Waals surface area contributed by atoms with Gasteiger partial charge in [0, 0.05) is 23.7 Å². The molecule has 24 heavy (non-hydrogen) atoms. The highest BCUT2D eigenvalue weighted by Gasteiger charge is 2.17. The molecule has 2 aromatic heterocycles. The minimum atomic E-state index is 0.497. The molecule has 3 heterocycles. The fourth-order valence-corrected chi connectivity index (χ4v) is 4.30. The Morgan fingerprint density at radius 2 is 1.88 bits per heavy atom. The SMILES string of the molecule is Clc1ccc(-c2nnc(CSc3nnc(N4CCCC4)s3)o2)cc1. The van der Waals surface area contributed by atoms with Gasteiger partial charge >= 0.3 is 0 Å². The quantitative estimate of drug-likeness (QED) is 0.617. The molecule has 9 heteroatoms. The van der Waals surface area contributed by atoms with Crippen molar-refractivity contribution in [2.75, 3.05) is 18.0 Å². The molecule has 1 aliphatic rings. The molecule has 0 radical (unpaired) electrons. The maximum atomic E-state index is 5.89. The van der Waals surface area contributed by atoms with E-state index >= 15 is 0 Å². The first kappa shape index (κ1) is 15.9. The summed E-state index contributed by atoms with van der Waals surface area (Å²) in [6.07, 6.45) is 2.47. The van der Waals surface area contributed by atoms with Gasteiger partial charge in [0.15, 0.2) is 4.34 Å². The molecule has 0 atom stereocenters. The van der Waals surface area contributed by atoms with Crippen LogP contribution in [0.5, 0.6) is 0 Å². The van der Waals surface area contributed by atoms with E-state index in [-0.39, 0.29) is 0 Å². The van der Waals surface area contributed by atoms with Gasteiger partial charge in [0.25, 0.3) is 0 Å². The Bertz CT molecular complexity index is 813. The Morgan fingerprint density at radius 3 is 2.67 bits per heavy atom. The van der Waals surface area contributed by atoms with Crippen molar-refractivity contribution in [1.82, 2.24) is 20.4 Å². The zero-order chi connectivity index (χ0) is 16.4. The highest BCUT2D eigenvalue weighted by atomic mass is 35.5. The summed E-state index contributed by atoms with van der Waals surface area (Å²) in [4.78, 5) is 2.28. The van der Waals surface area contributed by atoms with Crippen LogP contribution in [0.4, 0.5) is 5.13 Å². The number of hydrogen-bond donors (Lipinski definition) is 0. The van der Waals surface area contributed by atoms with Crippen LogP contribution in [-0.2, 0) is 5.75 Å². The van der Waals surface area contributed by atoms with E-state index in [0.717, 1.165) is 28.1 Å². The molecule has 1 aromatic carbocycles. The van der Waals surface area contributed by atoms with E-state index in [4.69, 9.17) is 16.0 Å². The fraction of sp³-hybridized carbons (Fsp3) is 0.333. The Morgan fingerprint density at radius 1 is 1.08 bits per heavy atom. The molecular weight excluding hydrogens is 366 g/mol. The molecule has 0 N–H and O–H groups in total. The molecule has 6 nitrogen and oxygen atoms in total. The van der Waals surface area contributed by atoms with Gasteiger partial charge in [-0.05, 0) is 37.1 Å². The van der Waals surface area contributed by atoms with E-state index in [1.807, 2.05) is 12.1 Å². The van der Waals surface area contributed by atoms with Gasteiger partial charge < -0.3 is 9.32 Å². The van der Waals surface area contributed by atoms with Gasteiger partial charge in [-0.15, -0.1) is 20.4 Å². The summed E-state index contributed by atoms with van der Waals surface area (Å²) in [6, 6.07) is 7.33. The monoisotopic (exact) mass is 379 g/mol. The molecular formula is C15H14ClN5OS2. The summed E-state index contributed by atoms with van der Waals surface area (Å²) in [6.45, 7) is 2.15. The molecule has 1 saturated heterocycles. The van der Waals surface area contributed by atoms with Crippen LogP contribution < -0.4 is 4.90 Å². The maximum absolute atomic E-state index is 5.89. The third-order valence-electron chi connectivity index (χ3n) is 3.65. The number of aromatic nitrogens is 4. The number of halogens is 1. The van der Waals surface area contributed by atoms with E-state index in [1.54, 1.807) is 35.2 Å². The summed E-state index contributed by atoms with van der Waals surface area (Å²) in [5.41, 5.74) is 0.857. The van der Waals surface area contributed by atoms with E-state index in [2.05, 4.69) is 25.3 Å². The van der Waals surface area contributed by atoms with Gasteiger partial charge in [0.05, 0.1) is 5.75 Å². The van der Waals surface area contributed by atoms with Crippen molar-refractivity contribution in [3.8, 4) is 11.5 Å². The highest BCUT2D eigenvalue weighted by molar-refractivity contribution is 8.00. The smallest absolute Gasteiger partial charge is 0.247 e. The first-order chi connectivity index (χ1) is 11.8. The van der Waals surface area contributed by atoms with Gasteiger partial charge in [0.1, 0.15) is 0 Å². The average molecular weight is 380 g/mol. The van der Waals surface area contributed by atoms with Crippen molar-refractivity contribution < 1.29 is 4.42 Å². The van der Waals surface area contributed by atoms with Crippen LogP contribution in [0.3, 0.4) is 0 Å². The number of anilines is 1. The number of rotatable bonds is 5. The van der Waals surface area contributed by atoms with Crippen LogP contribution in [0, 0.1) is 0 Å². The van der Waals surface area contributed by atoms with Crippen LogP contribution in [0.1, 0.15) is 18.7 Å². The number of benzene rings is 1. The lowest BCUT2D eigenvalue weighted by molar-refractivity contribution is 0.528. The predicted molar refractivity (Wildman–Crippen MR) is 95.7 cm³/mol. The highest BCUT2D eigenvalue weighted by Crippen LogP contribution is 2.32. The first-order valence-electron chi connectivity index (χ1n) is 7.57.